The molecule has 2 amide bonds. The Labute approximate surface area is 236 Å². The topological polar surface area (TPSA) is 115 Å². The first-order chi connectivity index (χ1) is 19.0. The Morgan fingerprint density at radius 3 is 2.50 bits per heavy atom. The lowest BCUT2D eigenvalue weighted by Gasteiger charge is -2.25. The highest BCUT2D eigenvalue weighted by atomic mass is 16.5. The van der Waals surface area contributed by atoms with Gasteiger partial charge in [-0.2, -0.15) is 4.98 Å². The summed E-state index contributed by atoms with van der Waals surface area (Å²) in [5, 5.41) is 8.78. The summed E-state index contributed by atoms with van der Waals surface area (Å²) in [6.07, 6.45) is 6.10. The van der Waals surface area contributed by atoms with Crippen molar-refractivity contribution >= 4 is 28.4 Å². The number of nitrogens with two attached hydrogens (primary N) is 1. The Morgan fingerprint density at radius 1 is 1.18 bits per heavy atom. The van der Waals surface area contributed by atoms with Gasteiger partial charge in [0.1, 0.15) is 17.2 Å². The molecule has 3 rings (SSSR count). The molecule has 9 nitrogen and oxygen atoms in total. The molecule has 0 saturated heterocycles. The molecule has 3 aromatic rings. The summed E-state index contributed by atoms with van der Waals surface area (Å²) in [6, 6.07) is 12.6. The lowest BCUT2D eigenvalue weighted by atomic mass is 9.87. The van der Waals surface area contributed by atoms with E-state index in [1.54, 1.807) is 36.5 Å². The Hall–Kier alpha value is -4.37. The second-order valence-electron chi connectivity index (χ2n) is 10.4. The maximum atomic E-state index is 13.4. The number of methoxy groups -OCH3 is 1. The van der Waals surface area contributed by atoms with Crippen LogP contribution in [0.15, 0.2) is 84.4 Å². The first kappa shape index (κ1) is 30.2. The third-order valence-electron chi connectivity index (χ3n) is 6.45. The van der Waals surface area contributed by atoms with Crippen LogP contribution in [0.3, 0.4) is 0 Å². The number of hydrazine groups is 1. The van der Waals surface area contributed by atoms with Gasteiger partial charge < -0.3 is 20.1 Å². The number of benzene rings is 2. The third kappa shape index (κ3) is 7.39. The molecule has 0 aliphatic carbocycles. The average Bonchev–Trinajstić information content (AvgIpc) is 2.93. The van der Waals surface area contributed by atoms with Crippen LogP contribution in [0, 0.1) is 5.41 Å². The number of fused-ring (bicyclic) bond motifs is 1. The highest BCUT2D eigenvalue weighted by Gasteiger charge is 2.23. The molecule has 2 aromatic carbocycles. The molecule has 0 bridgehead atoms. The van der Waals surface area contributed by atoms with E-state index >= 15 is 0 Å². The van der Waals surface area contributed by atoms with Crippen LogP contribution in [0.4, 0.5) is 16.4 Å². The first-order valence-corrected chi connectivity index (χ1v) is 13.2. The molecular formula is C31H40N6O3. The van der Waals surface area contributed by atoms with E-state index in [2.05, 4.69) is 41.0 Å². The van der Waals surface area contributed by atoms with E-state index in [-0.39, 0.29) is 11.5 Å². The molecule has 0 aliphatic rings. The number of hydrogen-bond donors (Lipinski definition) is 3. The predicted octanol–water partition coefficient (Wildman–Crippen LogP) is 7.38. The van der Waals surface area contributed by atoms with Crippen molar-refractivity contribution in [2.45, 2.75) is 54.0 Å². The van der Waals surface area contributed by atoms with E-state index in [0.29, 0.717) is 34.7 Å². The fourth-order valence-corrected chi connectivity index (χ4v) is 3.67. The van der Waals surface area contributed by atoms with Crippen LogP contribution < -0.4 is 21.2 Å². The summed E-state index contributed by atoms with van der Waals surface area (Å²) in [6.45, 7) is 16.2. The van der Waals surface area contributed by atoms with E-state index < -0.39 is 6.03 Å². The summed E-state index contributed by atoms with van der Waals surface area (Å²) in [4.78, 5) is 22.1. The molecule has 1 atom stereocenters. The number of hydrogen-bond acceptors (Lipinski definition) is 7. The normalized spacial score (nSPS) is 13.0. The molecule has 9 heteroatoms. The van der Waals surface area contributed by atoms with E-state index in [1.807, 2.05) is 52.0 Å². The van der Waals surface area contributed by atoms with Gasteiger partial charge in [0.05, 0.1) is 12.8 Å². The number of carbonyl (C=O) groups excluding carboxylic acids is 1. The zero-order valence-corrected chi connectivity index (χ0v) is 24.4. The molecule has 0 fully saturated rings. The lowest BCUT2D eigenvalue weighted by molar-refractivity contribution is 0.216. The Morgan fingerprint density at radius 2 is 1.88 bits per heavy atom. The number of carbonyl (C=O) groups is 1. The van der Waals surface area contributed by atoms with Crippen molar-refractivity contribution in [3.05, 3.63) is 84.4 Å². The summed E-state index contributed by atoms with van der Waals surface area (Å²) < 4.78 is 11.6. The fraction of sp³-hybridized carbons (Fsp3) is 0.323. The van der Waals surface area contributed by atoms with Crippen LogP contribution in [0.5, 0.6) is 11.6 Å². The quantitative estimate of drug-likeness (QED) is 0.0802. The summed E-state index contributed by atoms with van der Waals surface area (Å²) in [5.41, 5.74) is 1.52. The number of allylic oxidation sites excluding steroid dienone is 3. The van der Waals surface area contributed by atoms with E-state index in [9.17, 15) is 4.79 Å². The molecule has 40 heavy (non-hydrogen) atoms. The number of amides is 2. The number of nitrogens with one attached hydrogen (secondary N) is 2. The Balaban J connectivity index is 1.91. The van der Waals surface area contributed by atoms with Crippen molar-refractivity contribution in [3.8, 4) is 11.6 Å². The fourth-order valence-electron chi connectivity index (χ4n) is 3.67. The van der Waals surface area contributed by atoms with Crippen LogP contribution in [-0.4, -0.2) is 34.2 Å². The molecule has 1 unspecified atom stereocenters. The number of ether oxygens (including phenoxy) is 2. The Kier molecular flexibility index (Phi) is 9.90. The van der Waals surface area contributed by atoms with Gasteiger partial charge in [0, 0.05) is 29.1 Å². The summed E-state index contributed by atoms with van der Waals surface area (Å²) >= 11 is 0. The van der Waals surface area contributed by atoms with Gasteiger partial charge in [-0.05, 0) is 55.5 Å². The zero-order chi connectivity index (χ0) is 29.4. The molecule has 0 spiro atoms. The molecule has 0 aliphatic heterocycles. The van der Waals surface area contributed by atoms with Crippen molar-refractivity contribution < 1.29 is 14.3 Å². The Bertz CT molecular complexity index is 1420. The van der Waals surface area contributed by atoms with Gasteiger partial charge >= 0.3 is 6.03 Å². The van der Waals surface area contributed by atoms with Gasteiger partial charge in [0.2, 0.25) is 11.8 Å². The van der Waals surface area contributed by atoms with E-state index in [4.69, 9.17) is 15.3 Å². The van der Waals surface area contributed by atoms with Crippen molar-refractivity contribution in [3.63, 3.8) is 0 Å². The number of nitrogens with zero attached hydrogens (tertiary/aromatic N) is 3. The van der Waals surface area contributed by atoms with Crippen molar-refractivity contribution in [1.29, 1.82) is 0 Å². The van der Waals surface area contributed by atoms with Crippen molar-refractivity contribution in [2.24, 2.45) is 11.3 Å². The van der Waals surface area contributed by atoms with Crippen molar-refractivity contribution in [2.75, 3.05) is 17.7 Å². The maximum absolute atomic E-state index is 13.4. The third-order valence-corrected chi connectivity index (χ3v) is 6.45. The van der Waals surface area contributed by atoms with Crippen LogP contribution in [-0.2, 0) is 4.74 Å². The average molecular weight is 545 g/mol. The van der Waals surface area contributed by atoms with Crippen LogP contribution in [0.1, 0.15) is 48.0 Å². The molecule has 0 radical (unpaired) electrons. The van der Waals surface area contributed by atoms with Gasteiger partial charge in [0.15, 0.2) is 0 Å². The molecular weight excluding hydrogens is 504 g/mol. The van der Waals surface area contributed by atoms with Gasteiger partial charge in [-0.25, -0.2) is 20.6 Å². The zero-order valence-electron chi connectivity index (χ0n) is 24.4. The van der Waals surface area contributed by atoms with Crippen LogP contribution in [0.25, 0.3) is 10.8 Å². The van der Waals surface area contributed by atoms with Crippen molar-refractivity contribution in [1.82, 2.24) is 15.0 Å². The maximum Gasteiger partial charge on any atom is 0.340 e. The monoisotopic (exact) mass is 544 g/mol. The van der Waals surface area contributed by atoms with Gasteiger partial charge in [0.25, 0.3) is 0 Å². The summed E-state index contributed by atoms with van der Waals surface area (Å²) in [5.74, 6) is 8.27. The highest BCUT2D eigenvalue weighted by molar-refractivity contribution is 6.04. The lowest BCUT2D eigenvalue weighted by Crippen LogP contribution is -2.40. The number of aromatic nitrogens is 2. The molecule has 4 N–H and O–H groups in total. The van der Waals surface area contributed by atoms with E-state index in [0.717, 1.165) is 27.8 Å². The van der Waals surface area contributed by atoms with Gasteiger partial charge in [-0.1, -0.05) is 58.5 Å². The minimum absolute atomic E-state index is 0.226. The van der Waals surface area contributed by atoms with E-state index in [1.165, 1.54) is 7.11 Å². The number of rotatable bonds is 10. The van der Waals surface area contributed by atoms with Gasteiger partial charge in [-0.3, -0.25) is 0 Å². The van der Waals surface area contributed by atoms with Gasteiger partial charge in [-0.15, -0.1) is 0 Å². The smallest absolute Gasteiger partial charge is 0.340 e. The minimum Gasteiger partial charge on any atom is -0.495 e. The molecule has 212 valence electrons. The minimum atomic E-state index is -0.542. The second kappa shape index (κ2) is 13.1. The first-order valence-electron chi connectivity index (χ1n) is 13.2. The van der Waals surface area contributed by atoms with Crippen LogP contribution >= 0.6 is 0 Å². The molecule has 1 heterocycles. The highest BCUT2D eigenvalue weighted by Crippen LogP contribution is 2.34. The number of urea groups is 1. The summed E-state index contributed by atoms with van der Waals surface area (Å²) in [7, 11) is 1.53. The molecule has 0 saturated carbocycles. The number of anilines is 2. The SMILES string of the molecule is C=C(/C=C(\C(=C/C)OC)N(N)C(=O)Nc1ccc(Oc2ccnc(NC(C)CC)n2)c2ccccc12)C(C)(C)C. The standard InChI is InChI=1S/C31H40N6O3/c1-9-21(4)34-29-33-18-17-28(36-29)40-27-16-15-24(22-13-11-12-14-23(22)27)35-30(38)37(32)25(26(10-2)39-8)19-20(3)31(5,6)7/h10-19,21H,3,9,32H2,1-2,4-8H3,(H,35,38)(H,33,34,36)/b25-19+,26-10+. The van der Waals surface area contributed by atoms with Crippen LogP contribution in [0.2, 0.25) is 0 Å². The molecule has 1 aromatic heterocycles. The second-order valence-corrected chi connectivity index (χ2v) is 10.4. The predicted molar refractivity (Wildman–Crippen MR) is 162 cm³/mol. The largest absolute Gasteiger partial charge is 0.495 e.